The van der Waals surface area contributed by atoms with Gasteiger partial charge >= 0.3 is 0 Å². The average molecular weight is 352 g/mol. The zero-order valence-corrected chi connectivity index (χ0v) is 9.36. The van der Waals surface area contributed by atoms with E-state index in [1.807, 2.05) is 29.6 Å². The molecule has 2 rings (SSSR count). The molecular weight excluding hydrogens is 346 g/mol. The summed E-state index contributed by atoms with van der Waals surface area (Å²) >= 11 is 1.63. The normalized spacial score (nSPS) is 9.00. The predicted octanol–water partition coefficient (Wildman–Crippen LogP) is 2.61. The fourth-order valence-corrected chi connectivity index (χ4v) is 1.51. The number of thiazole rings is 1. The topological polar surface area (TPSA) is 12.9 Å². The van der Waals surface area contributed by atoms with Gasteiger partial charge < -0.3 is 0 Å². The molecule has 0 unspecified atom stereocenters. The summed E-state index contributed by atoms with van der Waals surface area (Å²) in [5, 5.41) is 3.00. The molecule has 2 aromatic rings. The maximum absolute atomic E-state index is 4.17. The largest absolute Gasteiger partial charge is 0.293 e. The summed E-state index contributed by atoms with van der Waals surface area (Å²) in [5.74, 6) is 0. The third-order valence-corrected chi connectivity index (χ3v) is 2.18. The van der Waals surface area contributed by atoms with Gasteiger partial charge in [-0.3, -0.25) is 4.98 Å². The second-order valence-corrected chi connectivity index (χ2v) is 3.01. The predicted molar refractivity (Wildman–Crippen MR) is 46.4 cm³/mol. The van der Waals surface area contributed by atoms with E-state index in [4.69, 9.17) is 0 Å². The smallest absolute Gasteiger partial charge is 0.0401 e. The molecule has 0 N–H and O–H groups in total. The Labute approximate surface area is 88.8 Å². The standard InChI is InChI=1S/C9H6NS.Ir/c1-2-4-8(5-3-1)9-10-6-7-11-9;/h1-4,6-7H;/q-1;. The molecule has 0 aliphatic rings. The molecule has 1 aromatic carbocycles. The van der Waals surface area contributed by atoms with Gasteiger partial charge in [-0.2, -0.15) is 11.3 Å². The first-order valence-corrected chi connectivity index (χ1v) is 4.21. The summed E-state index contributed by atoms with van der Waals surface area (Å²) in [6, 6.07) is 11.0. The molecular formula is C9H6IrNS-. The average Bonchev–Trinajstić information content (AvgIpc) is 2.58. The van der Waals surface area contributed by atoms with Crippen LogP contribution in [0.3, 0.4) is 0 Å². The van der Waals surface area contributed by atoms with Gasteiger partial charge in [-0.05, 0) is 0 Å². The number of benzene rings is 1. The fraction of sp³-hybridized carbons (Fsp3) is 0. The van der Waals surface area contributed by atoms with E-state index in [0.717, 1.165) is 10.6 Å². The van der Waals surface area contributed by atoms with Crippen molar-refractivity contribution in [3.8, 4) is 10.6 Å². The molecule has 0 amide bonds. The molecule has 1 aromatic heterocycles. The summed E-state index contributed by atoms with van der Waals surface area (Å²) < 4.78 is 0. The van der Waals surface area contributed by atoms with Crippen LogP contribution in [-0.2, 0) is 20.1 Å². The molecule has 0 saturated heterocycles. The van der Waals surface area contributed by atoms with Gasteiger partial charge in [0, 0.05) is 36.7 Å². The van der Waals surface area contributed by atoms with Crippen molar-refractivity contribution in [1.29, 1.82) is 0 Å². The quantitative estimate of drug-likeness (QED) is 0.719. The second-order valence-electron chi connectivity index (χ2n) is 2.11. The van der Waals surface area contributed by atoms with Gasteiger partial charge in [0.25, 0.3) is 0 Å². The van der Waals surface area contributed by atoms with Crippen LogP contribution in [0, 0.1) is 6.07 Å². The van der Waals surface area contributed by atoms with Crippen molar-refractivity contribution in [2.45, 2.75) is 0 Å². The first-order valence-electron chi connectivity index (χ1n) is 3.33. The molecule has 63 valence electrons. The first-order chi connectivity index (χ1) is 5.47. The van der Waals surface area contributed by atoms with Crippen molar-refractivity contribution in [3.05, 3.63) is 41.9 Å². The van der Waals surface area contributed by atoms with Crippen molar-refractivity contribution in [2.75, 3.05) is 0 Å². The molecule has 3 heteroatoms. The minimum Gasteiger partial charge on any atom is -0.293 e. The van der Waals surface area contributed by atoms with Crippen molar-refractivity contribution >= 4 is 11.3 Å². The number of hydrogen-bond donors (Lipinski definition) is 0. The summed E-state index contributed by atoms with van der Waals surface area (Å²) in [7, 11) is 0. The van der Waals surface area contributed by atoms with E-state index < -0.39 is 0 Å². The van der Waals surface area contributed by atoms with Crippen LogP contribution in [-0.4, -0.2) is 4.98 Å². The van der Waals surface area contributed by atoms with Crippen LogP contribution in [0.2, 0.25) is 0 Å². The molecule has 1 nitrogen and oxygen atoms in total. The summed E-state index contributed by atoms with van der Waals surface area (Å²) in [6.45, 7) is 0. The number of rotatable bonds is 1. The van der Waals surface area contributed by atoms with Crippen molar-refractivity contribution in [2.24, 2.45) is 0 Å². The zero-order chi connectivity index (χ0) is 7.52. The van der Waals surface area contributed by atoms with Crippen LogP contribution < -0.4 is 0 Å². The Morgan fingerprint density at radius 1 is 1.33 bits per heavy atom. The molecule has 12 heavy (non-hydrogen) atoms. The maximum Gasteiger partial charge on any atom is 0.0401 e. The van der Waals surface area contributed by atoms with E-state index in [1.165, 1.54) is 0 Å². The Bertz CT molecular complexity index is 318. The van der Waals surface area contributed by atoms with E-state index in [1.54, 1.807) is 17.5 Å². The van der Waals surface area contributed by atoms with E-state index in [0.29, 0.717) is 0 Å². The Morgan fingerprint density at radius 3 is 2.83 bits per heavy atom. The van der Waals surface area contributed by atoms with Crippen LogP contribution in [0.25, 0.3) is 10.6 Å². The number of hydrogen-bond acceptors (Lipinski definition) is 2. The monoisotopic (exact) mass is 353 g/mol. The van der Waals surface area contributed by atoms with E-state index in [2.05, 4.69) is 11.1 Å². The van der Waals surface area contributed by atoms with Crippen LogP contribution >= 0.6 is 11.3 Å². The Balaban J connectivity index is 0.000000720. The molecule has 0 saturated carbocycles. The van der Waals surface area contributed by atoms with Crippen LogP contribution in [0.5, 0.6) is 0 Å². The van der Waals surface area contributed by atoms with E-state index in [9.17, 15) is 0 Å². The second kappa shape index (κ2) is 4.51. The van der Waals surface area contributed by atoms with Gasteiger partial charge in [0.1, 0.15) is 0 Å². The van der Waals surface area contributed by atoms with Crippen molar-refractivity contribution in [1.82, 2.24) is 4.98 Å². The van der Waals surface area contributed by atoms with Gasteiger partial charge in [0.2, 0.25) is 0 Å². The minimum atomic E-state index is 0. The molecule has 0 aliphatic carbocycles. The Kier molecular flexibility index (Phi) is 3.60. The zero-order valence-electron chi connectivity index (χ0n) is 6.15. The van der Waals surface area contributed by atoms with Gasteiger partial charge in [-0.25, -0.2) is 0 Å². The first kappa shape index (κ1) is 9.59. The van der Waals surface area contributed by atoms with Gasteiger partial charge in [-0.15, -0.1) is 35.9 Å². The third-order valence-electron chi connectivity index (χ3n) is 1.37. The minimum absolute atomic E-state index is 0. The van der Waals surface area contributed by atoms with Gasteiger partial charge in [-0.1, -0.05) is 0 Å². The Morgan fingerprint density at radius 2 is 2.25 bits per heavy atom. The van der Waals surface area contributed by atoms with Crippen LogP contribution in [0.1, 0.15) is 0 Å². The Hall–Kier alpha value is -0.501. The molecule has 1 heterocycles. The van der Waals surface area contributed by atoms with Gasteiger partial charge in [0.15, 0.2) is 0 Å². The number of aromatic nitrogens is 1. The van der Waals surface area contributed by atoms with Crippen LogP contribution in [0.4, 0.5) is 0 Å². The molecule has 0 spiro atoms. The van der Waals surface area contributed by atoms with Crippen molar-refractivity contribution < 1.29 is 20.1 Å². The molecule has 0 atom stereocenters. The third kappa shape index (κ3) is 2.01. The summed E-state index contributed by atoms with van der Waals surface area (Å²) in [6.07, 6.45) is 1.81. The number of nitrogens with zero attached hydrogens (tertiary/aromatic N) is 1. The SMILES string of the molecule is [Ir].[c-]1ccccc1-c1nccs1. The summed E-state index contributed by atoms with van der Waals surface area (Å²) in [4.78, 5) is 4.17. The fourth-order valence-electron chi connectivity index (χ4n) is 0.883. The molecule has 0 fully saturated rings. The molecule has 1 radical (unpaired) electrons. The molecule has 0 bridgehead atoms. The summed E-state index contributed by atoms with van der Waals surface area (Å²) in [5.41, 5.74) is 1.07. The maximum atomic E-state index is 4.17. The van der Waals surface area contributed by atoms with E-state index in [-0.39, 0.29) is 20.1 Å². The molecule has 0 aliphatic heterocycles. The van der Waals surface area contributed by atoms with Crippen LogP contribution in [0.15, 0.2) is 35.8 Å². The van der Waals surface area contributed by atoms with E-state index >= 15 is 0 Å². The van der Waals surface area contributed by atoms with Gasteiger partial charge in [0.05, 0.1) is 0 Å². The van der Waals surface area contributed by atoms with Crippen molar-refractivity contribution in [3.63, 3.8) is 0 Å².